The number of hydrogen-bond acceptors (Lipinski definition) is 1. The molecule has 1 rings (SSSR count). The molecule has 1 amide bonds. The Bertz CT molecular complexity index is 243. The van der Waals surface area contributed by atoms with Crippen molar-refractivity contribution in [1.82, 2.24) is 5.32 Å². The van der Waals surface area contributed by atoms with Crippen molar-refractivity contribution in [3.63, 3.8) is 0 Å². The molecule has 0 aromatic carbocycles. The summed E-state index contributed by atoms with van der Waals surface area (Å²) in [5.74, 6) is 0.398. The predicted molar refractivity (Wildman–Crippen MR) is 73.3 cm³/mol. The van der Waals surface area contributed by atoms with Crippen LogP contribution in [-0.4, -0.2) is 16.8 Å². The minimum Gasteiger partial charge on any atom is -0.350 e. The average molecular weight is 260 g/mol. The molecule has 0 radical (unpaired) electrons. The van der Waals surface area contributed by atoms with Crippen LogP contribution >= 0.6 is 11.6 Å². The van der Waals surface area contributed by atoms with Crippen LogP contribution in [0.5, 0.6) is 0 Å². The van der Waals surface area contributed by atoms with Gasteiger partial charge in [0, 0.05) is 5.92 Å². The minimum atomic E-state index is -0.318. The molecular weight excluding hydrogens is 234 g/mol. The van der Waals surface area contributed by atoms with Gasteiger partial charge in [-0.25, -0.2) is 0 Å². The summed E-state index contributed by atoms with van der Waals surface area (Å²) < 4.78 is 0. The molecule has 1 saturated carbocycles. The second-order valence-electron chi connectivity index (χ2n) is 5.87. The van der Waals surface area contributed by atoms with Crippen LogP contribution in [0.3, 0.4) is 0 Å². The predicted octanol–water partition coefficient (Wildman–Crippen LogP) is 3.87. The molecule has 0 saturated heterocycles. The molecule has 100 valence electrons. The summed E-state index contributed by atoms with van der Waals surface area (Å²) >= 11 is 6.10. The Hall–Kier alpha value is -0.240. The molecule has 1 aliphatic rings. The second kappa shape index (κ2) is 6.63. The van der Waals surface area contributed by atoms with Gasteiger partial charge in [0.2, 0.25) is 5.91 Å². The van der Waals surface area contributed by atoms with Crippen molar-refractivity contribution in [2.75, 3.05) is 0 Å². The Morgan fingerprint density at radius 1 is 1.18 bits per heavy atom. The van der Waals surface area contributed by atoms with Crippen molar-refractivity contribution in [2.45, 2.75) is 76.6 Å². The Morgan fingerprint density at radius 2 is 1.65 bits per heavy atom. The Labute approximate surface area is 110 Å². The van der Waals surface area contributed by atoms with Crippen LogP contribution in [0.15, 0.2) is 0 Å². The van der Waals surface area contributed by atoms with E-state index < -0.39 is 0 Å². The zero-order valence-corrected chi connectivity index (χ0v) is 12.1. The Morgan fingerprint density at radius 3 is 2.12 bits per heavy atom. The van der Waals surface area contributed by atoms with E-state index in [9.17, 15) is 4.79 Å². The largest absolute Gasteiger partial charge is 0.350 e. The molecular formula is C14H26ClNO. The first-order valence-electron chi connectivity index (χ1n) is 6.89. The van der Waals surface area contributed by atoms with E-state index in [1.54, 1.807) is 0 Å². The van der Waals surface area contributed by atoms with Crippen molar-refractivity contribution in [3.8, 4) is 0 Å². The normalized spacial score (nSPS) is 21.4. The van der Waals surface area contributed by atoms with Gasteiger partial charge in [-0.3, -0.25) is 4.79 Å². The van der Waals surface area contributed by atoms with E-state index in [1.165, 1.54) is 32.1 Å². The smallest absolute Gasteiger partial charge is 0.223 e. The van der Waals surface area contributed by atoms with Gasteiger partial charge in [0.15, 0.2) is 0 Å². The van der Waals surface area contributed by atoms with E-state index in [0.717, 1.165) is 12.8 Å². The molecule has 1 atom stereocenters. The quantitative estimate of drug-likeness (QED) is 0.766. The molecule has 17 heavy (non-hydrogen) atoms. The SMILES string of the molecule is CC(Cl)C(C)(C)NC(=O)C1CCCCCCC1. The number of halogens is 1. The number of alkyl halides is 1. The van der Waals surface area contributed by atoms with Crippen molar-refractivity contribution >= 4 is 17.5 Å². The van der Waals surface area contributed by atoms with E-state index in [1.807, 2.05) is 20.8 Å². The molecule has 0 aliphatic heterocycles. The molecule has 2 nitrogen and oxygen atoms in total. The third-order valence-corrected chi connectivity index (χ3v) is 4.46. The lowest BCUT2D eigenvalue weighted by atomic mass is 9.89. The van der Waals surface area contributed by atoms with Crippen LogP contribution in [0.25, 0.3) is 0 Å². The minimum absolute atomic E-state index is 0.0556. The van der Waals surface area contributed by atoms with Crippen LogP contribution < -0.4 is 5.32 Å². The topological polar surface area (TPSA) is 29.1 Å². The number of hydrogen-bond donors (Lipinski definition) is 1. The zero-order chi connectivity index (χ0) is 12.9. The summed E-state index contributed by atoms with van der Waals surface area (Å²) in [5.41, 5.74) is -0.318. The van der Waals surface area contributed by atoms with E-state index in [0.29, 0.717) is 0 Å². The highest BCUT2D eigenvalue weighted by Crippen LogP contribution is 2.24. The molecule has 0 aromatic rings. The van der Waals surface area contributed by atoms with E-state index in [2.05, 4.69) is 5.32 Å². The van der Waals surface area contributed by atoms with Gasteiger partial charge in [0.05, 0.1) is 10.9 Å². The molecule has 3 heteroatoms. The highest BCUT2D eigenvalue weighted by Gasteiger charge is 2.29. The third kappa shape index (κ3) is 4.87. The van der Waals surface area contributed by atoms with Crippen LogP contribution in [-0.2, 0) is 4.79 Å². The van der Waals surface area contributed by atoms with Gasteiger partial charge in [-0.05, 0) is 33.6 Å². The number of nitrogens with one attached hydrogen (secondary N) is 1. The molecule has 0 heterocycles. The van der Waals surface area contributed by atoms with E-state index in [4.69, 9.17) is 11.6 Å². The standard InChI is InChI=1S/C14H26ClNO/c1-11(15)14(2,3)16-13(17)12-9-7-5-4-6-8-10-12/h11-12H,4-10H2,1-3H3,(H,16,17). The van der Waals surface area contributed by atoms with E-state index >= 15 is 0 Å². The first-order chi connectivity index (χ1) is 7.93. The van der Waals surface area contributed by atoms with Gasteiger partial charge in [-0.2, -0.15) is 0 Å². The lowest BCUT2D eigenvalue weighted by molar-refractivity contribution is -0.127. The van der Waals surface area contributed by atoms with Crippen LogP contribution in [0.4, 0.5) is 0 Å². The molecule has 1 aliphatic carbocycles. The van der Waals surface area contributed by atoms with Crippen molar-refractivity contribution < 1.29 is 4.79 Å². The Balaban J connectivity index is 2.50. The summed E-state index contributed by atoms with van der Waals surface area (Å²) in [5, 5.41) is 3.05. The van der Waals surface area contributed by atoms with Gasteiger partial charge in [0.25, 0.3) is 0 Å². The van der Waals surface area contributed by atoms with Crippen molar-refractivity contribution in [3.05, 3.63) is 0 Å². The fourth-order valence-corrected chi connectivity index (χ4v) is 2.29. The third-order valence-electron chi connectivity index (χ3n) is 3.92. The number of rotatable bonds is 3. The van der Waals surface area contributed by atoms with Crippen LogP contribution in [0.2, 0.25) is 0 Å². The lowest BCUT2D eigenvalue weighted by Gasteiger charge is -2.31. The van der Waals surface area contributed by atoms with Crippen LogP contribution in [0, 0.1) is 5.92 Å². The maximum atomic E-state index is 12.2. The second-order valence-corrected chi connectivity index (χ2v) is 6.52. The lowest BCUT2D eigenvalue weighted by Crippen LogP contribution is -2.51. The number of carbonyl (C=O) groups excluding carboxylic acids is 1. The molecule has 1 N–H and O–H groups in total. The first-order valence-corrected chi connectivity index (χ1v) is 7.33. The molecule has 1 fully saturated rings. The summed E-state index contributed by atoms with van der Waals surface area (Å²) in [6.07, 6.45) is 8.34. The summed E-state index contributed by atoms with van der Waals surface area (Å²) in [4.78, 5) is 12.2. The first kappa shape index (κ1) is 14.8. The van der Waals surface area contributed by atoms with Gasteiger partial charge in [-0.15, -0.1) is 11.6 Å². The zero-order valence-electron chi connectivity index (χ0n) is 11.4. The van der Waals surface area contributed by atoms with Gasteiger partial charge >= 0.3 is 0 Å². The average Bonchev–Trinajstić information content (AvgIpc) is 2.15. The summed E-state index contributed by atoms with van der Waals surface area (Å²) in [6.45, 7) is 5.91. The van der Waals surface area contributed by atoms with Gasteiger partial charge in [0.1, 0.15) is 0 Å². The molecule has 0 bridgehead atoms. The van der Waals surface area contributed by atoms with Crippen molar-refractivity contribution in [2.24, 2.45) is 5.92 Å². The highest BCUT2D eigenvalue weighted by molar-refractivity contribution is 6.21. The van der Waals surface area contributed by atoms with Crippen LogP contribution in [0.1, 0.15) is 65.7 Å². The fourth-order valence-electron chi connectivity index (χ4n) is 2.24. The van der Waals surface area contributed by atoms with Crippen molar-refractivity contribution in [1.29, 1.82) is 0 Å². The number of amides is 1. The molecule has 0 spiro atoms. The fraction of sp³-hybridized carbons (Fsp3) is 0.929. The molecule has 1 unspecified atom stereocenters. The maximum Gasteiger partial charge on any atom is 0.223 e. The Kier molecular flexibility index (Phi) is 5.78. The van der Waals surface area contributed by atoms with Gasteiger partial charge < -0.3 is 5.32 Å². The summed E-state index contributed by atoms with van der Waals surface area (Å²) in [7, 11) is 0. The van der Waals surface area contributed by atoms with E-state index in [-0.39, 0.29) is 22.7 Å². The monoisotopic (exact) mass is 259 g/mol. The summed E-state index contributed by atoms with van der Waals surface area (Å²) in [6, 6.07) is 0. The molecule has 0 aromatic heterocycles. The highest BCUT2D eigenvalue weighted by atomic mass is 35.5. The maximum absolute atomic E-state index is 12.2. The number of carbonyl (C=O) groups is 1. The van der Waals surface area contributed by atoms with Gasteiger partial charge in [-0.1, -0.05) is 32.1 Å².